The summed E-state index contributed by atoms with van der Waals surface area (Å²) in [5, 5.41) is 46.1. The molecular weight excluding hydrogens is 943 g/mol. The molecule has 0 saturated heterocycles. The van der Waals surface area contributed by atoms with Crippen LogP contribution in [0, 0.1) is 0 Å². The van der Waals surface area contributed by atoms with E-state index in [2.05, 4.69) is 150 Å². The molecule has 2 aliphatic heterocycles. The van der Waals surface area contributed by atoms with E-state index in [4.69, 9.17) is 8.85 Å². The SMILES string of the molecule is CC(C)(C)c1cc2c(O)c(c1)Cc1cc(C(C)(C)C)cc3c1O[Si](C)(C)Oc1c(cc(C(C)(C)C)cc1C3)Cc1cc(C(C)(C)C)cc(c1O)C2.CN(C)C/C(=C/C1(O)CCCCC1)C1(O)CCCCC1.[Ti]. The number of hydrogen-bond acceptors (Lipinski definition) is 7. The fourth-order valence-electron chi connectivity index (χ4n) is 11.2. The summed E-state index contributed by atoms with van der Waals surface area (Å²) in [5.74, 6) is 2.35. The molecule has 4 aromatic carbocycles. The summed E-state index contributed by atoms with van der Waals surface area (Å²) in [6.45, 7) is 31.9. The molecule has 3 aliphatic carbocycles. The van der Waals surface area contributed by atoms with Gasteiger partial charge in [-0.1, -0.05) is 170 Å². The number of fused-ring (bicyclic) bond motifs is 2. The second-order valence-electron chi connectivity index (χ2n) is 27.0. The standard InChI is InChI=1S/C46H60O4Si.C17H31NO2.Ti/c1-43(2,3)35-19-27-15-28-20-36(44(4,5)6)22-30(40(28)48)17-32-24-38(46(10,11)12)26-34-18-33-25-37(45(7,8)9)23-31(16-29(21-35)39(27)47)41(33)49-51(13,14)50-42(32)34;1-18(2)14-15(17(20)11-7-4-8-12-17)13-16(19)9-5-3-6-10-16;/h19-26,47-48H,15-18H2,1-14H3;13,19-20H,3-12,14H2,1-2H3;/b;15-13-;. The third kappa shape index (κ3) is 13.5. The van der Waals surface area contributed by atoms with Crippen LogP contribution in [0.3, 0.4) is 0 Å². The fourth-order valence-corrected chi connectivity index (χ4v) is 12.7. The molecule has 0 atom stereocenters. The minimum atomic E-state index is -2.83. The summed E-state index contributed by atoms with van der Waals surface area (Å²) >= 11 is 0. The van der Waals surface area contributed by atoms with Gasteiger partial charge in [0.15, 0.2) is 0 Å². The predicted molar refractivity (Wildman–Crippen MR) is 297 cm³/mol. The molecule has 4 aromatic rings. The van der Waals surface area contributed by atoms with E-state index in [9.17, 15) is 20.4 Å². The van der Waals surface area contributed by atoms with Gasteiger partial charge in [0, 0.05) is 67.0 Å². The Morgan fingerprint density at radius 3 is 1.08 bits per heavy atom. The van der Waals surface area contributed by atoms with E-state index in [1.165, 1.54) is 24.0 Å². The first-order valence-electron chi connectivity index (χ1n) is 27.0. The molecule has 0 spiro atoms. The molecule has 4 N–H and O–H groups in total. The number of phenols is 2. The van der Waals surface area contributed by atoms with Crippen LogP contribution in [0.1, 0.15) is 214 Å². The largest absolute Gasteiger partial charge is 0.512 e. The first-order valence-corrected chi connectivity index (χ1v) is 29.8. The van der Waals surface area contributed by atoms with Gasteiger partial charge in [-0.25, -0.2) is 0 Å². The maximum Gasteiger partial charge on any atom is 0.454 e. The van der Waals surface area contributed by atoms with Crippen molar-refractivity contribution in [1.29, 1.82) is 0 Å². The van der Waals surface area contributed by atoms with Crippen molar-refractivity contribution in [2.24, 2.45) is 0 Å². The maximum atomic E-state index is 12.2. The summed E-state index contributed by atoms with van der Waals surface area (Å²) in [7, 11) is 1.23. The monoisotopic (exact) mass is 1030 g/mol. The van der Waals surface area contributed by atoms with Crippen molar-refractivity contribution < 1.29 is 51.0 Å². The topological polar surface area (TPSA) is 103 Å². The third-order valence-electron chi connectivity index (χ3n) is 15.6. The van der Waals surface area contributed by atoms with E-state index in [-0.39, 0.29) is 54.9 Å². The van der Waals surface area contributed by atoms with Crippen molar-refractivity contribution in [3.8, 4) is 23.0 Å². The van der Waals surface area contributed by atoms with Crippen LogP contribution in [0.25, 0.3) is 0 Å². The number of aromatic hydroxyl groups is 2. The predicted octanol–water partition coefficient (Wildman–Crippen LogP) is 14.3. The van der Waals surface area contributed by atoms with E-state index in [0.717, 1.165) is 131 Å². The second-order valence-corrected chi connectivity index (χ2v) is 30.2. The Hall–Kier alpha value is -3.37. The summed E-state index contributed by atoms with van der Waals surface area (Å²) in [5.41, 5.74) is 11.8. The van der Waals surface area contributed by atoms with Crippen molar-refractivity contribution in [1.82, 2.24) is 4.90 Å². The van der Waals surface area contributed by atoms with Crippen LogP contribution in [0.4, 0.5) is 0 Å². The van der Waals surface area contributed by atoms with Crippen LogP contribution in [0.2, 0.25) is 13.1 Å². The molecule has 2 heterocycles. The number of benzene rings is 4. The first-order chi connectivity index (χ1) is 32.7. The summed E-state index contributed by atoms with van der Waals surface area (Å²) < 4.78 is 14.2. The fraction of sp³-hybridized carbons (Fsp3) is 0.587. The number of nitrogens with zero attached hydrogens (tertiary/aromatic N) is 1. The quantitative estimate of drug-likeness (QED) is 0.105. The van der Waals surface area contributed by atoms with Crippen molar-refractivity contribution in [3.63, 3.8) is 0 Å². The van der Waals surface area contributed by atoms with Gasteiger partial charge in [-0.15, -0.1) is 0 Å². The minimum Gasteiger partial charge on any atom is -0.512 e. The average Bonchev–Trinajstić information content (AvgIpc) is 3.23. The number of phenolic OH excluding ortho intramolecular Hbond substituents is 2. The minimum absolute atomic E-state index is 0. The van der Waals surface area contributed by atoms with Crippen molar-refractivity contribution in [3.05, 3.63) is 127 Å². The van der Waals surface area contributed by atoms with Crippen molar-refractivity contribution in [2.45, 2.75) is 219 Å². The van der Waals surface area contributed by atoms with E-state index >= 15 is 0 Å². The Bertz CT molecular complexity index is 2480. The number of aliphatic hydroxyl groups is 2. The molecule has 0 radical (unpaired) electrons. The van der Waals surface area contributed by atoms with Crippen molar-refractivity contribution in [2.75, 3.05) is 20.6 Å². The van der Waals surface area contributed by atoms with Gasteiger partial charge in [0.05, 0.1) is 11.2 Å². The summed E-state index contributed by atoms with van der Waals surface area (Å²) in [4.78, 5) is 2.10. The zero-order valence-corrected chi connectivity index (χ0v) is 49.9. The molecule has 0 amide bonds. The van der Waals surface area contributed by atoms with Crippen LogP contribution < -0.4 is 8.85 Å². The Morgan fingerprint density at radius 1 is 0.500 bits per heavy atom. The Labute approximate surface area is 451 Å². The molecule has 2 fully saturated rings. The van der Waals surface area contributed by atoms with Gasteiger partial charge in [0.2, 0.25) is 0 Å². The van der Waals surface area contributed by atoms with Crippen LogP contribution in [0.15, 0.2) is 60.2 Å². The summed E-state index contributed by atoms with van der Waals surface area (Å²) in [6, 6.07) is 17.9. The Morgan fingerprint density at radius 2 is 0.778 bits per heavy atom. The second kappa shape index (κ2) is 21.3. The van der Waals surface area contributed by atoms with Crippen LogP contribution in [-0.2, 0) is 69.1 Å². The van der Waals surface area contributed by atoms with E-state index in [1.54, 1.807) is 0 Å². The van der Waals surface area contributed by atoms with Gasteiger partial charge >= 0.3 is 8.56 Å². The van der Waals surface area contributed by atoms with E-state index in [1.807, 2.05) is 20.2 Å². The molecule has 7 nitrogen and oxygen atoms in total. The number of rotatable bonds is 4. The molecule has 5 aliphatic rings. The third-order valence-corrected chi connectivity index (χ3v) is 17.0. The van der Waals surface area contributed by atoms with Crippen LogP contribution in [-0.4, -0.2) is 65.7 Å². The molecular formula is C63H91NO6SiTi. The van der Waals surface area contributed by atoms with Crippen LogP contribution >= 0.6 is 0 Å². The average molecular weight is 1030 g/mol. The molecule has 392 valence electrons. The van der Waals surface area contributed by atoms with Gasteiger partial charge in [-0.2, -0.15) is 0 Å². The Balaban J connectivity index is 0.000000338. The zero-order chi connectivity index (χ0) is 52.3. The molecule has 9 heteroatoms. The Kier molecular flexibility index (Phi) is 17.2. The van der Waals surface area contributed by atoms with E-state index < -0.39 is 19.8 Å². The van der Waals surface area contributed by atoms with Gasteiger partial charge in [-0.05, 0) is 140 Å². The molecule has 2 saturated carbocycles. The number of likely N-dealkylation sites (N-methyl/N-ethyl adjacent to an activating group) is 1. The summed E-state index contributed by atoms with van der Waals surface area (Å²) in [6.07, 6.45) is 14.4. The van der Waals surface area contributed by atoms with Crippen molar-refractivity contribution >= 4 is 8.56 Å². The molecule has 9 rings (SSSR count). The maximum absolute atomic E-state index is 12.2. The first kappa shape index (κ1) is 57.9. The normalized spacial score (nSPS) is 18.7. The van der Waals surface area contributed by atoms with Gasteiger partial charge in [0.25, 0.3) is 0 Å². The molecule has 0 unspecified atom stereocenters. The van der Waals surface area contributed by atoms with E-state index in [0.29, 0.717) is 25.7 Å². The van der Waals surface area contributed by atoms with Gasteiger partial charge < -0.3 is 34.2 Å². The number of hydrogen-bond donors (Lipinski definition) is 4. The molecule has 10 bridgehead atoms. The van der Waals surface area contributed by atoms with Gasteiger partial charge in [0.1, 0.15) is 23.0 Å². The molecule has 72 heavy (non-hydrogen) atoms. The van der Waals surface area contributed by atoms with Crippen LogP contribution in [0.5, 0.6) is 23.0 Å². The molecule has 0 aromatic heterocycles. The van der Waals surface area contributed by atoms with Gasteiger partial charge in [-0.3, -0.25) is 0 Å². The smallest absolute Gasteiger partial charge is 0.454 e. The zero-order valence-electron chi connectivity index (χ0n) is 47.4.